The van der Waals surface area contributed by atoms with Gasteiger partial charge < -0.3 is 46.6 Å². The molecule has 0 aliphatic heterocycles. The van der Waals surface area contributed by atoms with Crippen molar-refractivity contribution in [2.75, 3.05) is 54.2 Å². The smallest absolute Gasteiger partial charge is 0.298 e. The van der Waals surface area contributed by atoms with E-state index in [1.807, 2.05) is 0 Å². The van der Waals surface area contributed by atoms with Crippen LogP contribution in [0.4, 0.5) is 46.5 Å². The molecule has 0 saturated heterocycles. The zero-order valence-corrected chi connectivity index (χ0v) is 37.5. The maximum Gasteiger partial charge on any atom is 0.298 e. The summed E-state index contributed by atoms with van der Waals surface area (Å²) in [6, 6.07) is 12.5. The van der Waals surface area contributed by atoms with Crippen LogP contribution in [0.25, 0.3) is 10.8 Å². The van der Waals surface area contributed by atoms with Crippen molar-refractivity contribution in [3.8, 4) is 11.5 Å². The molecule has 0 saturated carbocycles. The van der Waals surface area contributed by atoms with E-state index >= 15 is 0 Å². The molecule has 0 radical (unpaired) electrons. The number of halogens is 2. The van der Waals surface area contributed by atoms with Crippen LogP contribution in [0, 0.1) is 0 Å². The first-order chi connectivity index (χ1) is 31.0. The van der Waals surface area contributed by atoms with Gasteiger partial charge in [-0.25, -0.2) is 0 Å². The number of nitrogens with two attached hydrogens (primary N) is 1. The van der Waals surface area contributed by atoms with Crippen LogP contribution in [-0.4, -0.2) is 117 Å². The molecule has 31 heteroatoms. The van der Waals surface area contributed by atoms with E-state index in [9.17, 15) is 54.2 Å². The molecule has 4 aromatic carbocycles. The van der Waals surface area contributed by atoms with Crippen molar-refractivity contribution in [1.29, 1.82) is 0 Å². The minimum Gasteiger partial charge on any atom is -0.505 e. The average molecular weight is 1010 g/mol. The molecule has 1 atom stereocenters. The van der Waals surface area contributed by atoms with Crippen LogP contribution >= 0.6 is 23.2 Å². The summed E-state index contributed by atoms with van der Waals surface area (Å²) in [7, 11) is -14.6. The third-order valence-electron chi connectivity index (χ3n) is 8.87. The molecule has 0 bridgehead atoms. The number of azo groups is 1. The number of anilines is 6. The molecular formula is C35H35Cl2N13O13S3. The standard InChI is InChI=1S/C35H35Cl2N13O13S3/c1-63-23-16-24(64(54,55)56)22(15-25(23)65(57,58)59)48-49-27-26(66(60,61)62)14-18-13-20(6-7-21(18)28(27)52)41-33-43-30(36)42-32(46-33)39-8-3-9-50(10-11-51)35-45-31(37)44-34(47-35)40-19-5-2-4-17(12-19)29(38)53/h2,4-7,12-16,29,51-53H,3,8-11,38H2,1H3,(H,54,55,56)(H,57,58,59)(H,60,61,62)(H,40,44,45,47)(H2,39,41,42,43,46). The third kappa shape index (κ3) is 12.1. The van der Waals surface area contributed by atoms with Crippen LogP contribution in [0.2, 0.25) is 10.6 Å². The second-order valence-corrected chi connectivity index (χ2v) is 18.2. The van der Waals surface area contributed by atoms with E-state index in [4.69, 9.17) is 33.7 Å². The highest BCUT2D eigenvalue weighted by Crippen LogP contribution is 2.43. The number of fused-ring (bicyclic) bond motifs is 1. The fourth-order valence-corrected chi connectivity index (χ4v) is 8.24. The Hall–Kier alpha value is -6.25. The molecule has 66 heavy (non-hydrogen) atoms. The van der Waals surface area contributed by atoms with Gasteiger partial charge in [0.25, 0.3) is 30.4 Å². The molecule has 0 amide bonds. The number of aliphatic hydroxyl groups excluding tert-OH is 2. The lowest BCUT2D eigenvalue weighted by Crippen LogP contribution is -2.31. The van der Waals surface area contributed by atoms with Crippen molar-refractivity contribution in [2.24, 2.45) is 16.0 Å². The summed E-state index contributed by atoms with van der Waals surface area (Å²) >= 11 is 12.4. The van der Waals surface area contributed by atoms with Crippen LogP contribution in [0.5, 0.6) is 11.5 Å². The lowest BCUT2D eigenvalue weighted by atomic mass is 10.1. The number of hydrogen-bond acceptors (Lipinski definition) is 23. The van der Waals surface area contributed by atoms with Crippen LogP contribution < -0.4 is 31.3 Å². The van der Waals surface area contributed by atoms with E-state index in [0.717, 1.165) is 13.2 Å². The van der Waals surface area contributed by atoms with Gasteiger partial charge in [0, 0.05) is 42.5 Å². The number of rotatable bonds is 19. The van der Waals surface area contributed by atoms with E-state index in [2.05, 4.69) is 56.1 Å². The van der Waals surface area contributed by atoms with Crippen LogP contribution in [-0.2, 0) is 30.4 Å². The molecule has 2 heterocycles. The molecule has 11 N–H and O–H groups in total. The molecule has 0 fully saturated rings. The third-order valence-corrected chi connectivity index (χ3v) is 11.8. The number of hydrogen-bond donors (Lipinski definition) is 10. The quantitative estimate of drug-likeness (QED) is 0.0236. The normalized spacial score (nSPS) is 12.6. The number of nitrogens with zero attached hydrogens (tertiary/aromatic N) is 9. The van der Waals surface area contributed by atoms with E-state index in [1.165, 1.54) is 18.2 Å². The van der Waals surface area contributed by atoms with Gasteiger partial charge >= 0.3 is 0 Å². The number of ether oxygens (including phenoxy) is 1. The lowest BCUT2D eigenvalue weighted by Gasteiger charge is -2.22. The summed E-state index contributed by atoms with van der Waals surface area (Å²) < 4.78 is 108. The number of methoxy groups -OCH3 is 1. The van der Waals surface area contributed by atoms with Gasteiger partial charge in [0.2, 0.25) is 34.4 Å². The average Bonchev–Trinajstić information content (AvgIpc) is 3.22. The monoisotopic (exact) mass is 1010 g/mol. The highest BCUT2D eigenvalue weighted by atomic mass is 35.5. The van der Waals surface area contributed by atoms with Crippen molar-refractivity contribution in [1.82, 2.24) is 29.9 Å². The number of aliphatic hydroxyl groups is 2. The minimum atomic E-state index is -5.23. The molecule has 350 valence electrons. The SMILES string of the molecule is COc1cc(S(=O)(=O)O)c(N=Nc2c(S(=O)(=O)O)cc3cc(Nc4nc(Cl)nc(NCCCN(CCO)c5nc(Cl)nc(Nc6cccc(C(N)O)c6)n5)n4)ccc3c2O)cc1S(=O)(=O)O. The first-order valence-corrected chi connectivity index (χ1v) is 23.5. The second kappa shape index (κ2) is 20.1. The highest BCUT2D eigenvalue weighted by molar-refractivity contribution is 7.86. The lowest BCUT2D eigenvalue weighted by molar-refractivity contribution is 0.186. The topological polar surface area (TPSA) is 400 Å². The Morgan fingerprint density at radius 2 is 1.39 bits per heavy atom. The minimum absolute atomic E-state index is 0.0188. The molecule has 0 aliphatic carbocycles. The molecule has 6 aromatic rings. The molecule has 2 aromatic heterocycles. The van der Waals surface area contributed by atoms with Gasteiger partial charge in [-0.15, -0.1) is 10.2 Å². The summed E-state index contributed by atoms with van der Waals surface area (Å²) in [4.78, 5) is 23.7. The predicted octanol–water partition coefficient (Wildman–Crippen LogP) is 4.12. The Morgan fingerprint density at radius 3 is 2.03 bits per heavy atom. The fraction of sp³-hybridized carbons (Fsp3) is 0.200. The van der Waals surface area contributed by atoms with Crippen LogP contribution in [0.1, 0.15) is 18.2 Å². The Morgan fingerprint density at radius 1 is 0.758 bits per heavy atom. The highest BCUT2D eigenvalue weighted by Gasteiger charge is 2.27. The molecule has 26 nitrogen and oxygen atoms in total. The number of aromatic hydroxyl groups is 1. The van der Waals surface area contributed by atoms with Crippen molar-refractivity contribution in [3.05, 3.63) is 76.8 Å². The van der Waals surface area contributed by atoms with Gasteiger partial charge in [0.05, 0.1) is 13.7 Å². The van der Waals surface area contributed by atoms with E-state index in [1.54, 1.807) is 29.2 Å². The van der Waals surface area contributed by atoms with Crippen LogP contribution in [0.15, 0.2) is 85.6 Å². The maximum absolute atomic E-state index is 12.5. The summed E-state index contributed by atoms with van der Waals surface area (Å²) in [6.45, 7) is 0.430. The van der Waals surface area contributed by atoms with Crippen molar-refractivity contribution >= 4 is 111 Å². The number of benzene rings is 4. The summed E-state index contributed by atoms with van der Waals surface area (Å²) in [5, 5.41) is 46.2. The Kier molecular flexibility index (Phi) is 15.0. The molecule has 6 rings (SSSR count). The molecular weight excluding hydrogens is 978 g/mol. The number of nitrogens with one attached hydrogen (secondary N) is 3. The van der Waals surface area contributed by atoms with Gasteiger partial charge in [0.15, 0.2) is 5.75 Å². The zero-order valence-electron chi connectivity index (χ0n) is 33.5. The van der Waals surface area contributed by atoms with E-state index in [-0.39, 0.29) is 70.5 Å². The number of aromatic nitrogens is 6. The summed E-state index contributed by atoms with van der Waals surface area (Å²) in [5.74, 6) is -1.42. The number of phenolic OH excluding ortho intramolecular Hbond substituents is 1. The first-order valence-electron chi connectivity index (χ1n) is 18.4. The zero-order chi connectivity index (χ0) is 48.1. The molecule has 0 aliphatic rings. The van der Waals surface area contributed by atoms with Crippen LogP contribution in [0.3, 0.4) is 0 Å². The summed E-state index contributed by atoms with van der Waals surface area (Å²) in [5.41, 5.74) is 4.86. The van der Waals surface area contributed by atoms with Crippen molar-refractivity contribution < 1.29 is 59.0 Å². The molecule has 0 spiro atoms. The van der Waals surface area contributed by atoms with E-state index < -0.39 is 74.1 Å². The number of phenols is 1. The Bertz CT molecular complexity index is 3190. The Balaban J connectivity index is 1.19. The van der Waals surface area contributed by atoms with Crippen molar-refractivity contribution in [2.45, 2.75) is 27.3 Å². The maximum atomic E-state index is 12.5. The first kappa shape index (κ1) is 49.2. The van der Waals surface area contributed by atoms with E-state index in [0.29, 0.717) is 36.3 Å². The van der Waals surface area contributed by atoms with Gasteiger partial charge in [-0.05, 0) is 83.0 Å². The second-order valence-electron chi connectivity index (χ2n) is 13.4. The van der Waals surface area contributed by atoms with Gasteiger partial charge in [-0.1, -0.05) is 12.1 Å². The van der Waals surface area contributed by atoms with Crippen molar-refractivity contribution in [3.63, 3.8) is 0 Å². The predicted molar refractivity (Wildman–Crippen MR) is 236 cm³/mol. The van der Waals surface area contributed by atoms with Gasteiger partial charge in [-0.3, -0.25) is 13.7 Å². The molecule has 1 unspecified atom stereocenters. The largest absolute Gasteiger partial charge is 0.505 e. The summed E-state index contributed by atoms with van der Waals surface area (Å²) in [6.07, 6.45) is -0.788. The fourth-order valence-electron chi connectivity index (χ4n) is 5.99. The van der Waals surface area contributed by atoms with Gasteiger partial charge in [0.1, 0.15) is 38.0 Å². The Labute approximate surface area is 383 Å². The van der Waals surface area contributed by atoms with Gasteiger partial charge in [-0.2, -0.15) is 55.2 Å².